The topological polar surface area (TPSA) is 61.0 Å². The molecule has 1 aliphatic rings. The number of aromatic nitrogens is 2. The number of imidazole rings is 1. The Balaban J connectivity index is 1.94. The van der Waals surface area contributed by atoms with Crippen LogP contribution in [0.15, 0.2) is 24.5 Å². The normalized spacial score (nSPS) is 14.1. The lowest BCUT2D eigenvalue weighted by molar-refractivity contribution is -0.385. The third-order valence-electron chi connectivity index (χ3n) is 4.06. The molecular weight excluding hydrogens is 254 g/mol. The highest BCUT2D eigenvalue weighted by atomic mass is 16.6. The van der Waals surface area contributed by atoms with Gasteiger partial charge >= 0.3 is 0 Å². The Morgan fingerprint density at radius 1 is 1.35 bits per heavy atom. The number of nitro benzene ring substituents is 1. The van der Waals surface area contributed by atoms with Crippen molar-refractivity contribution < 1.29 is 4.92 Å². The molecule has 1 aromatic heterocycles. The van der Waals surface area contributed by atoms with Gasteiger partial charge in [0.1, 0.15) is 0 Å². The van der Waals surface area contributed by atoms with Gasteiger partial charge in [-0.2, -0.15) is 0 Å². The van der Waals surface area contributed by atoms with E-state index in [0.717, 1.165) is 24.0 Å². The number of rotatable bonds is 3. The van der Waals surface area contributed by atoms with E-state index in [-0.39, 0.29) is 10.6 Å². The number of benzene rings is 1. The van der Waals surface area contributed by atoms with Crippen LogP contribution in [-0.2, 0) is 19.4 Å². The first-order valence-electron chi connectivity index (χ1n) is 6.92. The maximum atomic E-state index is 11.0. The van der Waals surface area contributed by atoms with Crippen LogP contribution in [0.25, 0.3) is 0 Å². The van der Waals surface area contributed by atoms with Gasteiger partial charge in [-0.3, -0.25) is 10.1 Å². The molecule has 0 N–H and O–H groups in total. The summed E-state index contributed by atoms with van der Waals surface area (Å²) in [5, 5.41) is 11.0. The zero-order valence-corrected chi connectivity index (χ0v) is 11.5. The van der Waals surface area contributed by atoms with Gasteiger partial charge in [-0.15, -0.1) is 0 Å². The van der Waals surface area contributed by atoms with Gasteiger partial charge in [-0.25, -0.2) is 4.98 Å². The van der Waals surface area contributed by atoms with Gasteiger partial charge in [-0.05, 0) is 38.2 Å². The number of fused-ring (bicyclic) bond motifs is 1. The minimum Gasteiger partial charge on any atom is -0.330 e. The quantitative estimate of drug-likeness (QED) is 0.636. The van der Waals surface area contributed by atoms with Crippen molar-refractivity contribution in [3.8, 4) is 0 Å². The number of hydrogen-bond acceptors (Lipinski definition) is 3. The lowest BCUT2D eigenvalue weighted by Crippen LogP contribution is -2.10. The van der Waals surface area contributed by atoms with E-state index < -0.39 is 0 Å². The molecule has 0 spiro atoms. The third-order valence-corrected chi connectivity index (χ3v) is 4.06. The van der Waals surface area contributed by atoms with E-state index in [1.54, 1.807) is 12.1 Å². The van der Waals surface area contributed by atoms with Gasteiger partial charge in [0.2, 0.25) is 0 Å². The summed E-state index contributed by atoms with van der Waals surface area (Å²) in [7, 11) is 0. The summed E-state index contributed by atoms with van der Waals surface area (Å²) in [6.07, 6.45) is 6.39. The molecule has 5 heteroatoms. The Hall–Kier alpha value is -2.17. The second-order valence-electron chi connectivity index (χ2n) is 5.29. The van der Waals surface area contributed by atoms with Crippen molar-refractivity contribution in [2.45, 2.75) is 39.2 Å². The molecule has 0 radical (unpaired) electrons. The number of hydrogen-bond donors (Lipinski definition) is 0. The van der Waals surface area contributed by atoms with Crippen LogP contribution in [0, 0.1) is 17.0 Å². The molecule has 0 saturated carbocycles. The molecule has 0 saturated heterocycles. The monoisotopic (exact) mass is 271 g/mol. The number of aryl methyl sites for hydroxylation is 1. The third kappa shape index (κ3) is 2.19. The van der Waals surface area contributed by atoms with Crippen molar-refractivity contribution in [2.75, 3.05) is 0 Å². The fraction of sp³-hybridized carbons (Fsp3) is 0.400. The zero-order chi connectivity index (χ0) is 14.1. The average molecular weight is 271 g/mol. The standard InChI is InChI=1S/C15H17N3O2/c1-11-12(5-4-8-14(11)18(19)20)9-17-10-16-13-6-2-3-7-15(13)17/h4-5,8,10H,2-3,6-7,9H2,1H3. The number of nitrogens with zero attached hydrogens (tertiary/aromatic N) is 3. The molecule has 0 unspecified atom stereocenters. The van der Waals surface area contributed by atoms with Crippen LogP contribution < -0.4 is 0 Å². The van der Waals surface area contributed by atoms with Crippen LogP contribution in [-0.4, -0.2) is 14.5 Å². The van der Waals surface area contributed by atoms with Gasteiger partial charge in [-0.1, -0.05) is 12.1 Å². The molecule has 0 fully saturated rings. The molecule has 2 aromatic rings. The highest BCUT2D eigenvalue weighted by Crippen LogP contribution is 2.24. The Kier molecular flexibility index (Phi) is 3.26. The van der Waals surface area contributed by atoms with E-state index in [9.17, 15) is 10.1 Å². The summed E-state index contributed by atoms with van der Waals surface area (Å²) in [4.78, 5) is 15.1. The van der Waals surface area contributed by atoms with E-state index in [2.05, 4.69) is 9.55 Å². The predicted molar refractivity (Wildman–Crippen MR) is 75.8 cm³/mol. The lowest BCUT2D eigenvalue weighted by Gasteiger charge is -2.15. The SMILES string of the molecule is Cc1c(Cn2cnc3c2CCCC3)cccc1[N+](=O)[O-]. The van der Waals surface area contributed by atoms with Crippen LogP contribution >= 0.6 is 0 Å². The van der Waals surface area contributed by atoms with Crippen LogP contribution in [0.2, 0.25) is 0 Å². The van der Waals surface area contributed by atoms with Gasteiger partial charge in [0.05, 0.1) is 16.9 Å². The summed E-state index contributed by atoms with van der Waals surface area (Å²) in [5.74, 6) is 0. The first kappa shape index (κ1) is 12.8. The highest BCUT2D eigenvalue weighted by Gasteiger charge is 2.17. The highest BCUT2D eigenvalue weighted by molar-refractivity contribution is 5.44. The predicted octanol–water partition coefficient (Wildman–Crippen LogP) is 3.03. The molecule has 20 heavy (non-hydrogen) atoms. The van der Waals surface area contributed by atoms with Crippen molar-refractivity contribution in [2.24, 2.45) is 0 Å². The number of nitro groups is 1. The Morgan fingerprint density at radius 3 is 2.95 bits per heavy atom. The molecule has 0 bridgehead atoms. The molecule has 0 atom stereocenters. The van der Waals surface area contributed by atoms with E-state index >= 15 is 0 Å². The molecule has 0 amide bonds. The van der Waals surface area contributed by atoms with E-state index in [4.69, 9.17) is 0 Å². The summed E-state index contributed by atoms with van der Waals surface area (Å²) in [6, 6.07) is 5.27. The minimum absolute atomic E-state index is 0.191. The van der Waals surface area contributed by atoms with Crippen LogP contribution in [0.4, 0.5) is 5.69 Å². The van der Waals surface area contributed by atoms with Gasteiger partial charge < -0.3 is 4.57 Å². The molecule has 1 heterocycles. The van der Waals surface area contributed by atoms with Crippen molar-refractivity contribution in [1.29, 1.82) is 0 Å². The summed E-state index contributed by atoms with van der Waals surface area (Å²) in [5.41, 5.74) is 4.42. The fourth-order valence-electron chi connectivity index (χ4n) is 2.89. The van der Waals surface area contributed by atoms with Crippen molar-refractivity contribution in [3.05, 3.63) is 57.2 Å². The Morgan fingerprint density at radius 2 is 2.15 bits per heavy atom. The summed E-state index contributed by atoms with van der Waals surface area (Å²) >= 11 is 0. The van der Waals surface area contributed by atoms with Gasteiger partial charge in [0.15, 0.2) is 0 Å². The maximum absolute atomic E-state index is 11.0. The second-order valence-corrected chi connectivity index (χ2v) is 5.29. The fourth-order valence-corrected chi connectivity index (χ4v) is 2.89. The Bertz CT molecular complexity index is 661. The Labute approximate surface area is 117 Å². The molecule has 0 aliphatic heterocycles. The molecule has 5 nitrogen and oxygen atoms in total. The van der Waals surface area contributed by atoms with Gasteiger partial charge in [0, 0.05) is 23.9 Å². The lowest BCUT2D eigenvalue weighted by atomic mass is 10.0. The molecular formula is C15H17N3O2. The van der Waals surface area contributed by atoms with Crippen LogP contribution in [0.3, 0.4) is 0 Å². The van der Waals surface area contributed by atoms with Crippen molar-refractivity contribution >= 4 is 5.69 Å². The molecule has 1 aromatic carbocycles. The molecule has 3 rings (SSSR count). The van der Waals surface area contributed by atoms with E-state index in [1.165, 1.54) is 24.2 Å². The first-order valence-corrected chi connectivity index (χ1v) is 6.92. The van der Waals surface area contributed by atoms with E-state index in [1.807, 2.05) is 19.3 Å². The van der Waals surface area contributed by atoms with Crippen molar-refractivity contribution in [1.82, 2.24) is 9.55 Å². The largest absolute Gasteiger partial charge is 0.330 e. The van der Waals surface area contributed by atoms with Crippen LogP contribution in [0.1, 0.15) is 35.4 Å². The first-order chi connectivity index (χ1) is 9.66. The summed E-state index contributed by atoms with van der Waals surface area (Å²) < 4.78 is 2.14. The second kappa shape index (κ2) is 5.07. The van der Waals surface area contributed by atoms with Crippen molar-refractivity contribution in [3.63, 3.8) is 0 Å². The minimum atomic E-state index is -0.317. The molecule has 1 aliphatic carbocycles. The summed E-state index contributed by atoms with van der Waals surface area (Å²) in [6.45, 7) is 2.48. The van der Waals surface area contributed by atoms with Gasteiger partial charge in [0.25, 0.3) is 5.69 Å². The molecule has 104 valence electrons. The van der Waals surface area contributed by atoms with Crippen LogP contribution in [0.5, 0.6) is 0 Å². The van der Waals surface area contributed by atoms with E-state index in [0.29, 0.717) is 6.54 Å². The zero-order valence-electron chi connectivity index (χ0n) is 11.5. The maximum Gasteiger partial charge on any atom is 0.272 e. The smallest absolute Gasteiger partial charge is 0.272 e. The average Bonchev–Trinajstić information content (AvgIpc) is 2.84.